The fourth-order valence-corrected chi connectivity index (χ4v) is 2.18. The highest BCUT2D eigenvalue weighted by Gasteiger charge is 2.08. The number of rotatable bonds is 4. The van der Waals surface area contributed by atoms with Gasteiger partial charge in [-0.1, -0.05) is 54.6 Å². The molecule has 0 saturated carbocycles. The lowest BCUT2D eigenvalue weighted by molar-refractivity contribution is 0.0968. The summed E-state index contributed by atoms with van der Waals surface area (Å²) >= 11 is 0. The number of nitrogens with zero attached hydrogens (tertiary/aromatic N) is 2. The van der Waals surface area contributed by atoms with E-state index in [4.69, 9.17) is 5.73 Å². The topological polar surface area (TPSA) is 60.9 Å². The third kappa shape index (κ3) is 3.00. The zero-order valence-electron chi connectivity index (χ0n) is 11.4. The SMILES string of the molecule is Nc1ccn(CC(=O)c2ccc(-c3ccccc3)cc2)n1. The van der Waals surface area contributed by atoms with Crippen molar-refractivity contribution >= 4 is 11.6 Å². The molecule has 104 valence electrons. The Hall–Kier alpha value is -2.88. The van der Waals surface area contributed by atoms with Crippen LogP contribution in [0.25, 0.3) is 11.1 Å². The van der Waals surface area contributed by atoms with Gasteiger partial charge in [-0.25, -0.2) is 0 Å². The standard InChI is InChI=1S/C17H15N3O/c18-17-10-11-20(19-17)12-16(21)15-8-6-14(7-9-15)13-4-2-1-3-5-13/h1-11H,12H2,(H2,18,19). The Balaban J connectivity index is 1.76. The molecule has 0 aliphatic carbocycles. The van der Waals surface area contributed by atoms with Crippen molar-refractivity contribution in [3.8, 4) is 11.1 Å². The Kier molecular flexibility index (Phi) is 3.51. The molecule has 0 aliphatic rings. The summed E-state index contributed by atoms with van der Waals surface area (Å²) in [6.45, 7) is 0.196. The number of nitrogens with two attached hydrogens (primary N) is 1. The highest BCUT2D eigenvalue weighted by molar-refractivity contribution is 5.96. The fraction of sp³-hybridized carbons (Fsp3) is 0.0588. The summed E-state index contributed by atoms with van der Waals surface area (Å²) in [6, 6.07) is 19.3. The van der Waals surface area contributed by atoms with Crippen LogP contribution in [-0.2, 0) is 6.54 Å². The molecule has 1 aromatic heterocycles. The van der Waals surface area contributed by atoms with Crippen LogP contribution < -0.4 is 5.73 Å². The van der Waals surface area contributed by atoms with Gasteiger partial charge in [0.15, 0.2) is 5.78 Å². The van der Waals surface area contributed by atoms with E-state index in [0.717, 1.165) is 11.1 Å². The molecular formula is C17H15N3O. The fourth-order valence-electron chi connectivity index (χ4n) is 2.18. The third-order valence-corrected chi connectivity index (χ3v) is 3.28. The van der Waals surface area contributed by atoms with E-state index in [2.05, 4.69) is 5.10 Å². The second-order valence-corrected chi connectivity index (χ2v) is 4.80. The minimum absolute atomic E-state index is 0.0118. The summed E-state index contributed by atoms with van der Waals surface area (Å²) in [6.07, 6.45) is 1.70. The van der Waals surface area contributed by atoms with E-state index in [9.17, 15) is 4.79 Å². The van der Waals surface area contributed by atoms with E-state index >= 15 is 0 Å². The largest absolute Gasteiger partial charge is 0.382 e. The Morgan fingerprint density at radius 1 is 0.952 bits per heavy atom. The first kappa shape index (κ1) is 13.1. The number of Topliss-reactive ketones (excluding diaryl/α,β-unsaturated/α-hetero) is 1. The number of carbonyl (C=O) groups is 1. The molecule has 0 atom stereocenters. The minimum Gasteiger partial charge on any atom is -0.382 e. The minimum atomic E-state index is 0.0118. The number of benzene rings is 2. The molecule has 3 aromatic rings. The molecule has 0 unspecified atom stereocenters. The van der Waals surface area contributed by atoms with Gasteiger partial charge in [0.2, 0.25) is 0 Å². The van der Waals surface area contributed by atoms with Gasteiger partial charge in [0.05, 0.1) is 0 Å². The Morgan fingerprint density at radius 3 is 2.24 bits per heavy atom. The smallest absolute Gasteiger partial charge is 0.184 e. The molecule has 0 amide bonds. The maximum atomic E-state index is 12.2. The van der Waals surface area contributed by atoms with Gasteiger partial charge in [-0.15, -0.1) is 0 Å². The highest BCUT2D eigenvalue weighted by atomic mass is 16.1. The Morgan fingerprint density at radius 2 is 1.62 bits per heavy atom. The molecule has 4 nitrogen and oxygen atoms in total. The summed E-state index contributed by atoms with van der Waals surface area (Å²) in [4.78, 5) is 12.2. The van der Waals surface area contributed by atoms with Crippen LogP contribution >= 0.6 is 0 Å². The van der Waals surface area contributed by atoms with E-state index < -0.39 is 0 Å². The maximum absolute atomic E-state index is 12.2. The molecule has 4 heteroatoms. The van der Waals surface area contributed by atoms with Crippen LogP contribution in [0, 0.1) is 0 Å². The maximum Gasteiger partial charge on any atom is 0.184 e. The first-order chi connectivity index (χ1) is 10.2. The molecule has 0 spiro atoms. The lowest BCUT2D eigenvalue weighted by atomic mass is 10.0. The van der Waals surface area contributed by atoms with Gasteiger partial charge in [-0.05, 0) is 17.2 Å². The van der Waals surface area contributed by atoms with Crippen molar-refractivity contribution in [2.75, 3.05) is 5.73 Å². The van der Waals surface area contributed by atoms with Crippen LogP contribution in [0.15, 0.2) is 66.9 Å². The van der Waals surface area contributed by atoms with Gasteiger partial charge >= 0.3 is 0 Å². The summed E-state index contributed by atoms with van der Waals surface area (Å²) < 4.78 is 1.54. The van der Waals surface area contributed by atoms with E-state index in [0.29, 0.717) is 11.4 Å². The summed E-state index contributed by atoms with van der Waals surface area (Å²) in [5.41, 5.74) is 8.43. The molecule has 0 fully saturated rings. The Bertz CT molecular complexity index is 745. The zero-order valence-corrected chi connectivity index (χ0v) is 11.4. The van der Waals surface area contributed by atoms with Crippen molar-refractivity contribution in [3.05, 3.63) is 72.4 Å². The number of ketones is 1. The average molecular weight is 277 g/mol. The first-order valence-electron chi connectivity index (χ1n) is 6.70. The number of carbonyl (C=O) groups excluding carboxylic acids is 1. The predicted octanol–water partition coefficient (Wildman–Crippen LogP) is 3.02. The second-order valence-electron chi connectivity index (χ2n) is 4.80. The van der Waals surface area contributed by atoms with Gasteiger partial charge in [0, 0.05) is 11.8 Å². The summed E-state index contributed by atoms with van der Waals surface area (Å²) in [7, 11) is 0. The van der Waals surface area contributed by atoms with Crippen LogP contribution in [0.1, 0.15) is 10.4 Å². The van der Waals surface area contributed by atoms with Crippen LogP contribution in [-0.4, -0.2) is 15.6 Å². The van der Waals surface area contributed by atoms with Gasteiger partial charge < -0.3 is 5.73 Å². The van der Waals surface area contributed by atoms with E-state index in [1.54, 1.807) is 16.9 Å². The molecular weight excluding hydrogens is 262 g/mol. The lowest BCUT2D eigenvalue weighted by Crippen LogP contribution is -2.11. The van der Waals surface area contributed by atoms with Gasteiger partial charge in [0.1, 0.15) is 12.4 Å². The van der Waals surface area contributed by atoms with Crippen molar-refractivity contribution in [2.24, 2.45) is 0 Å². The molecule has 0 aliphatic heterocycles. The monoisotopic (exact) mass is 277 g/mol. The highest BCUT2D eigenvalue weighted by Crippen LogP contribution is 2.19. The van der Waals surface area contributed by atoms with Crippen LogP contribution in [0.3, 0.4) is 0 Å². The van der Waals surface area contributed by atoms with Crippen LogP contribution in [0.4, 0.5) is 5.82 Å². The quantitative estimate of drug-likeness (QED) is 0.746. The van der Waals surface area contributed by atoms with E-state index in [1.807, 2.05) is 54.6 Å². The van der Waals surface area contributed by atoms with Crippen molar-refractivity contribution in [2.45, 2.75) is 6.54 Å². The number of hydrogen-bond acceptors (Lipinski definition) is 3. The molecule has 1 heterocycles. The molecule has 0 bridgehead atoms. The van der Waals surface area contributed by atoms with Crippen LogP contribution in [0.2, 0.25) is 0 Å². The van der Waals surface area contributed by atoms with Gasteiger partial charge in [0.25, 0.3) is 0 Å². The van der Waals surface area contributed by atoms with Crippen LogP contribution in [0.5, 0.6) is 0 Å². The van der Waals surface area contributed by atoms with Crippen molar-refractivity contribution in [1.82, 2.24) is 9.78 Å². The lowest BCUT2D eigenvalue weighted by Gasteiger charge is -2.04. The Labute approximate surface area is 122 Å². The summed E-state index contributed by atoms with van der Waals surface area (Å²) in [5, 5.41) is 4.01. The third-order valence-electron chi connectivity index (χ3n) is 3.28. The normalized spacial score (nSPS) is 10.5. The van der Waals surface area contributed by atoms with Crippen molar-refractivity contribution in [3.63, 3.8) is 0 Å². The molecule has 21 heavy (non-hydrogen) atoms. The molecule has 0 radical (unpaired) electrons. The molecule has 2 aromatic carbocycles. The van der Waals surface area contributed by atoms with E-state index in [1.165, 1.54) is 0 Å². The molecule has 2 N–H and O–H groups in total. The van der Waals surface area contributed by atoms with Gasteiger partial charge in [-0.3, -0.25) is 9.48 Å². The number of nitrogen functional groups attached to an aromatic ring is 1. The number of anilines is 1. The predicted molar refractivity (Wildman–Crippen MR) is 82.8 cm³/mol. The zero-order chi connectivity index (χ0) is 14.7. The number of hydrogen-bond donors (Lipinski definition) is 1. The average Bonchev–Trinajstić information content (AvgIpc) is 2.93. The molecule has 0 saturated heterocycles. The van der Waals surface area contributed by atoms with Crippen molar-refractivity contribution in [1.29, 1.82) is 0 Å². The molecule has 3 rings (SSSR count). The van der Waals surface area contributed by atoms with Crippen molar-refractivity contribution < 1.29 is 4.79 Å². The summed E-state index contributed by atoms with van der Waals surface area (Å²) in [5.74, 6) is 0.430. The first-order valence-corrected chi connectivity index (χ1v) is 6.70. The van der Waals surface area contributed by atoms with E-state index in [-0.39, 0.29) is 12.3 Å². The van der Waals surface area contributed by atoms with Gasteiger partial charge in [-0.2, -0.15) is 5.10 Å². The number of aromatic nitrogens is 2. The second kappa shape index (κ2) is 5.63.